The first kappa shape index (κ1) is 14.9. The highest BCUT2D eigenvalue weighted by Gasteiger charge is 2.12. The Morgan fingerprint density at radius 2 is 2.04 bits per heavy atom. The zero-order valence-corrected chi connectivity index (χ0v) is 14.8. The molecule has 118 valence electrons. The molecule has 3 aromatic heterocycles. The number of hydrogen-bond donors (Lipinski definition) is 1. The summed E-state index contributed by atoms with van der Waals surface area (Å²) in [6.07, 6.45) is 5.39. The van der Waals surface area contributed by atoms with Gasteiger partial charge in [-0.05, 0) is 30.3 Å². The third kappa shape index (κ3) is 2.67. The van der Waals surface area contributed by atoms with Crippen LogP contribution in [0.2, 0.25) is 0 Å². The molecular formula is C17H13IN6. The Hall–Kier alpha value is -2.68. The molecule has 24 heavy (non-hydrogen) atoms. The van der Waals surface area contributed by atoms with Gasteiger partial charge in [-0.1, -0.05) is 31.3 Å². The zero-order valence-electron chi connectivity index (χ0n) is 12.6. The van der Waals surface area contributed by atoms with Crippen LogP contribution in [0.25, 0.3) is 28.4 Å². The Labute approximate surface area is 148 Å². The minimum Gasteiger partial charge on any atom is -0.399 e. The van der Waals surface area contributed by atoms with Crippen molar-refractivity contribution in [1.82, 2.24) is 24.6 Å². The van der Waals surface area contributed by atoms with Gasteiger partial charge in [-0.3, -0.25) is 4.98 Å². The van der Waals surface area contributed by atoms with Gasteiger partial charge in [0, 0.05) is 39.0 Å². The number of aromatic nitrogens is 5. The average Bonchev–Trinajstić information content (AvgIpc) is 3.05. The Bertz CT molecular complexity index is 1040. The predicted octanol–water partition coefficient (Wildman–Crippen LogP) is 3.01. The molecule has 0 spiro atoms. The fourth-order valence-electron chi connectivity index (χ4n) is 2.39. The Balaban J connectivity index is 1.85. The van der Waals surface area contributed by atoms with Crippen LogP contribution >= 0.6 is 20.7 Å². The number of benzene rings is 1. The van der Waals surface area contributed by atoms with Gasteiger partial charge in [-0.25, -0.2) is 9.50 Å². The van der Waals surface area contributed by atoms with Crippen molar-refractivity contribution in [3.8, 4) is 22.6 Å². The van der Waals surface area contributed by atoms with Gasteiger partial charge in [-0.15, -0.1) is 5.10 Å². The summed E-state index contributed by atoms with van der Waals surface area (Å²) < 4.78 is 6.89. The number of rotatable bonds is 3. The van der Waals surface area contributed by atoms with Crippen LogP contribution in [0.4, 0.5) is 5.69 Å². The number of halogens is 1. The van der Waals surface area contributed by atoms with Crippen molar-refractivity contribution >= 4 is 36.7 Å². The van der Waals surface area contributed by atoms with Gasteiger partial charge in [0.25, 0.3) is 5.78 Å². The summed E-state index contributed by atoms with van der Waals surface area (Å²) in [5.74, 6) is 1.16. The second-order valence-corrected chi connectivity index (χ2v) is 7.04. The molecule has 0 saturated carbocycles. The molecule has 7 heteroatoms. The fourth-order valence-corrected chi connectivity index (χ4v) is 3.63. The van der Waals surface area contributed by atoms with Crippen molar-refractivity contribution in [3.05, 3.63) is 58.6 Å². The van der Waals surface area contributed by atoms with E-state index in [9.17, 15) is 0 Å². The largest absolute Gasteiger partial charge is 0.399 e. The number of pyridine rings is 1. The summed E-state index contributed by atoms with van der Waals surface area (Å²) in [4.78, 5) is 13.3. The maximum Gasteiger partial charge on any atom is 0.252 e. The lowest BCUT2D eigenvalue weighted by Gasteiger charge is -2.02. The van der Waals surface area contributed by atoms with Gasteiger partial charge >= 0.3 is 0 Å². The van der Waals surface area contributed by atoms with Gasteiger partial charge in [-0.2, -0.15) is 4.98 Å². The molecule has 0 aliphatic rings. The number of fused-ring (bicyclic) bond motifs is 1. The molecule has 0 aliphatic heterocycles. The molecule has 4 rings (SSSR count). The normalized spacial score (nSPS) is 11.0. The third-order valence-corrected chi connectivity index (χ3v) is 5.29. The Morgan fingerprint density at radius 3 is 2.83 bits per heavy atom. The van der Waals surface area contributed by atoms with E-state index < -0.39 is 0 Å². The van der Waals surface area contributed by atoms with E-state index in [-0.39, 0.29) is 20.7 Å². The molecule has 0 fully saturated rings. The SMILES string of the molecule is C=Ic1ccc(N)cc1-c1nc2ncc(-c3ccccn3)cn2n1. The molecule has 0 amide bonds. The highest BCUT2D eigenvalue weighted by molar-refractivity contribution is 14.2. The zero-order chi connectivity index (χ0) is 16.5. The van der Waals surface area contributed by atoms with E-state index in [1.54, 1.807) is 16.9 Å². The first-order chi connectivity index (χ1) is 11.7. The number of nitrogens with two attached hydrogens (primary N) is 1. The summed E-state index contributed by atoms with van der Waals surface area (Å²) in [7, 11) is 0. The van der Waals surface area contributed by atoms with E-state index in [1.807, 2.05) is 42.6 Å². The number of anilines is 1. The molecule has 0 radical (unpaired) electrons. The molecule has 2 N–H and O–H groups in total. The topological polar surface area (TPSA) is 82.0 Å². The molecule has 0 bridgehead atoms. The van der Waals surface area contributed by atoms with Gasteiger partial charge in [0.1, 0.15) is 0 Å². The standard InChI is InChI=1S/C17H13IN6/c1-18-14-6-5-12(19)8-13(14)16-22-17-21-9-11(10-24(17)23-16)15-4-2-3-7-20-15/h2-10H,1,19H2. The summed E-state index contributed by atoms with van der Waals surface area (Å²) in [6, 6.07) is 11.5. The molecule has 0 saturated heterocycles. The van der Waals surface area contributed by atoms with Crippen molar-refractivity contribution in [2.75, 3.05) is 5.73 Å². The summed E-state index contributed by atoms with van der Waals surface area (Å²) >= 11 is -0.349. The van der Waals surface area contributed by atoms with Gasteiger partial charge in [0.05, 0.1) is 5.69 Å². The van der Waals surface area contributed by atoms with E-state index >= 15 is 0 Å². The van der Waals surface area contributed by atoms with Crippen LogP contribution < -0.4 is 5.73 Å². The molecule has 0 aliphatic carbocycles. The number of hydrogen-bond acceptors (Lipinski definition) is 5. The van der Waals surface area contributed by atoms with Crippen LogP contribution in [-0.2, 0) is 0 Å². The minimum absolute atomic E-state index is 0.349. The Kier molecular flexibility index (Phi) is 3.77. The van der Waals surface area contributed by atoms with Crippen LogP contribution in [0.3, 0.4) is 0 Å². The highest BCUT2D eigenvalue weighted by Crippen LogP contribution is 2.27. The van der Waals surface area contributed by atoms with Gasteiger partial charge in [0.2, 0.25) is 0 Å². The van der Waals surface area contributed by atoms with Crippen LogP contribution in [-0.4, -0.2) is 29.1 Å². The average molecular weight is 428 g/mol. The van der Waals surface area contributed by atoms with Gasteiger partial charge < -0.3 is 5.73 Å². The number of nitrogen functional groups attached to an aromatic ring is 1. The van der Waals surface area contributed by atoms with E-state index in [4.69, 9.17) is 5.73 Å². The maximum absolute atomic E-state index is 5.92. The predicted molar refractivity (Wildman–Crippen MR) is 104 cm³/mol. The summed E-state index contributed by atoms with van der Waals surface area (Å²) in [5.41, 5.74) is 9.27. The lowest BCUT2D eigenvalue weighted by Crippen LogP contribution is -1.93. The van der Waals surface area contributed by atoms with Crippen molar-refractivity contribution in [2.24, 2.45) is 0 Å². The Morgan fingerprint density at radius 1 is 1.12 bits per heavy atom. The van der Waals surface area contributed by atoms with Crippen molar-refractivity contribution in [2.45, 2.75) is 0 Å². The molecule has 6 nitrogen and oxygen atoms in total. The summed E-state index contributed by atoms with van der Waals surface area (Å²) in [5, 5.41) is 4.57. The quantitative estimate of drug-likeness (QED) is 0.401. The molecule has 1 aromatic carbocycles. The van der Waals surface area contributed by atoms with E-state index in [0.29, 0.717) is 17.3 Å². The molecular weight excluding hydrogens is 415 g/mol. The van der Waals surface area contributed by atoms with Crippen LogP contribution in [0.15, 0.2) is 55.0 Å². The van der Waals surface area contributed by atoms with Gasteiger partial charge in [0.15, 0.2) is 5.82 Å². The highest BCUT2D eigenvalue weighted by atomic mass is 127. The van der Waals surface area contributed by atoms with E-state index in [2.05, 4.69) is 24.6 Å². The molecule has 0 atom stereocenters. The fraction of sp³-hybridized carbons (Fsp3) is 0. The van der Waals surface area contributed by atoms with Crippen molar-refractivity contribution < 1.29 is 0 Å². The maximum atomic E-state index is 5.92. The first-order valence-electron chi connectivity index (χ1n) is 7.17. The summed E-state index contributed by atoms with van der Waals surface area (Å²) in [6.45, 7) is 0. The van der Waals surface area contributed by atoms with Crippen molar-refractivity contribution in [1.29, 1.82) is 0 Å². The second kappa shape index (κ2) is 6.08. The number of nitrogens with zero attached hydrogens (tertiary/aromatic N) is 5. The lowest BCUT2D eigenvalue weighted by atomic mass is 10.2. The van der Waals surface area contributed by atoms with E-state index in [1.165, 1.54) is 0 Å². The second-order valence-electron chi connectivity index (χ2n) is 5.11. The monoisotopic (exact) mass is 428 g/mol. The van der Waals surface area contributed by atoms with Crippen LogP contribution in [0.1, 0.15) is 0 Å². The molecule has 0 unspecified atom stereocenters. The van der Waals surface area contributed by atoms with Crippen molar-refractivity contribution in [3.63, 3.8) is 0 Å². The molecule has 3 heterocycles. The lowest BCUT2D eigenvalue weighted by molar-refractivity contribution is 0.943. The van der Waals surface area contributed by atoms with Crippen LogP contribution in [0, 0.1) is 3.57 Å². The smallest absolute Gasteiger partial charge is 0.252 e. The molecule has 4 aromatic rings. The minimum atomic E-state index is -0.349. The van der Waals surface area contributed by atoms with Crippen LogP contribution in [0.5, 0.6) is 0 Å². The third-order valence-electron chi connectivity index (χ3n) is 3.53. The first-order valence-corrected chi connectivity index (χ1v) is 9.77. The van der Waals surface area contributed by atoms with E-state index in [0.717, 1.165) is 20.4 Å².